The van der Waals surface area contributed by atoms with Crippen LogP contribution in [0.3, 0.4) is 0 Å². The number of amides is 1. The monoisotopic (exact) mass is 418 g/mol. The molecule has 1 atom stereocenters. The summed E-state index contributed by atoms with van der Waals surface area (Å²) in [5.41, 5.74) is 1.42. The predicted molar refractivity (Wildman–Crippen MR) is 99.3 cm³/mol. The van der Waals surface area contributed by atoms with Crippen molar-refractivity contribution < 1.29 is 18.3 Å². The molecule has 0 unspecified atom stereocenters. The molecule has 2 rings (SSSR count). The number of benzene rings is 1. The van der Waals surface area contributed by atoms with Gasteiger partial charge in [0.25, 0.3) is 0 Å². The largest absolute Gasteiger partial charge is 0.380 e. The van der Waals surface area contributed by atoms with Gasteiger partial charge in [-0.05, 0) is 44.9 Å². The van der Waals surface area contributed by atoms with Crippen molar-refractivity contribution in [2.75, 3.05) is 23.8 Å². The van der Waals surface area contributed by atoms with E-state index in [1.165, 1.54) is 0 Å². The molecule has 1 amide bonds. The van der Waals surface area contributed by atoms with Crippen molar-refractivity contribution in [3.05, 3.63) is 22.7 Å². The number of carbonyl (C=O) groups excluding carboxylic acids is 1. The van der Waals surface area contributed by atoms with Crippen LogP contribution in [0.1, 0.15) is 39.5 Å². The minimum Gasteiger partial charge on any atom is -0.380 e. The molecule has 1 aliphatic carbocycles. The fourth-order valence-corrected chi connectivity index (χ4v) is 3.24. The number of rotatable bonds is 7. The zero-order chi connectivity index (χ0) is 18.4. The van der Waals surface area contributed by atoms with Gasteiger partial charge in [-0.3, -0.25) is 4.79 Å². The minimum absolute atomic E-state index is 0.0678. The van der Waals surface area contributed by atoms with Gasteiger partial charge in [-0.25, -0.2) is 8.78 Å². The van der Waals surface area contributed by atoms with Crippen LogP contribution in [0.5, 0.6) is 0 Å². The summed E-state index contributed by atoms with van der Waals surface area (Å²) in [7, 11) is 0. The summed E-state index contributed by atoms with van der Waals surface area (Å²) in [5, 5.41) is 6.21. The van der Waals surface area contributed by atoms with Crippen LogP contribution in [0.2, 0.25) is 0 Å². The summed E-state index contributed by atoms with van der Waals surface area (Å²) in [6, 6.07) is 5.59. The van der Waals surface area contributed by atoms with Crippen LogP contribution in [0.25, 0.3) is 0 Å². The zero-order valence-corrected chi connectivity index (χ0v) is 16.2. The highest BCUT2D eigenvalue weighted by Gasteiger charge is 2.37. The van der Waals surface area contributed by atoms with Crippen LogP contribution >= 0.6 is 15.9 Å². The van der Waals surface area contributed by atoms with Gasteiger partial charge >= 0.3 is 0 Å². The number of hydrogen-bond acceptors (Lipinski definition) is 3. The first-order valence-corrected chi connectivity index (χ1v) is 9.42. The smallest absolute Gasteiger partial charge is 0.248 e. The van der Waals surface area contributed by atoms with Crippen molar-refractivity contribution in [2.24, 2.45) is 5.92 Å². The van der Waals surface area contributed by atoms with E-state index in [0.29, 0.717) is 18.9 Å². The molecular formula is C18H25BrF2N2O2. The second kappa shape index (κ2) is 8.94. The molecule has 0 spiro atoms. The molecule has 25 heavy (non-hydrogen) atoms. The van der Waals surface area contributed by atoms with Gasteiger partial charge in [0.2, 0.25) is 11.8 Å². The fraction of sp³-hybridized carbons (Fsp3) is 0.611. The van der Waals surface area contributed by atoms with E-state index in [1.54, 1.807) is 6.07 Å². The lowest BCUT2D eigenvalue weighted by molar-refractivity contribution is -0.124. The SMILES string of the molecule is CCOC[C@@H](C)Nc1cc(Br)ccc1NC(=O)C1CCC(F)(F)CC1. The van der Waals surface area contributed by atoms with Gasteiger partial charge in [0.1, 0.15) is 0 Å². The van der Waals surface area contributed by atoms with Crippen LogP contribution in [-0.4, -0.2) is 31.1 Å². The average molecular weight is 419 g/mol. The standard InChI is InChI=1S/C18H25BrF2N2O2/c1-3-25-11-12(2)22-16-10-14(19)4-5-15(16)23-17(24)13-6-8-18(20,21)9-7-13/h4-5,10,12-13,22H,3,6-9,11H2,1-2H3,(H,23,24)/t12-/m1/s1. The number of halogens is 3. The first kappa shape index (κ1) is 20.1. The van der Waals surface area contributed by atoms with Crippen LogP contribution in [0, 0.1) is 5.92 Å². The van der Waals surface area contributed by atoms with Crippen LogP contribution < -0.4 is 10.6 Å². The van der Waals surface area contributed by atoms with Crippen molar-refractivity contribution in [1.29, 1.82) is 0 Å². The van der Waals surface area contributed by atoms with Crippen LogP contribution in [0.15, 0.2) is 22.7 Å². The lowest BCUT2D eigenvalue weighted by atomic mass is 9.86. The van der Waals surface area contributed by atoms with Gasteiger partial charge in [-0.15, -0.1) is 0 Å². The van der Waals surface area contributed by atoms with Crippen LogP contribution in [0.4, 0.5) is 20.2 Å². The molecule has 0 saturated heterocycles. The predicted octanol–water partition coefficient (Wildman–Crippen LogP) is 5.05. The zero-order valence-electron chi connectivity index (χ0n) is 14.6. The highest BCUT2D eigenvalue weighted by molar-refractivity contribution is 9.10. The minimum atomic E-state index is -2.63. The van der Waals surface area contributed by atoms with Crippen molar-refractivity contribution >= 4 is 33.2 Å². The fourth-order valence-electron chi connectivity index (χ4n) is 2.88. The number of anilines is 2. The lowest BCUT2D eigenvalue weighted by Crippen LogP contribution is -2.32. The number of ether oxygens (including phenoxy) is 1. The Kier molecular flexibility index (Phi) is 7.19. The first-order valence-electron chi connectivity index (χ1n) is 8.63. The maximum absolute atomic E-state index is 13.3. The maximum Gasteiger partial charge on any atom is 0.248 e. The maximum atomic E-state index is 13.3. The molecule has 4 nitrogen and oxygen atoms in total. The Bertz CT molecular complexity index is 588. The quantitative estimate of drug-likeness (QED) is 0.651. The average Bonchev–Trinajstić information content (AvgIpc) is 2.55. The Hall–Kier alpha value is -1.21. The van der Waals surface area contributed by atoms with E-state index in [9.17, 15) is 13.6 Å². The summed E-state index contributed by atoms with van der Waals surface area (Å²) in [4.78, 5) is 12.5. The van der Waals surface area contributed by atoms with Crippen molar-refractivity contribution in [2.45, 2.75) is 51.5 Å². The third kappa shape index (κ3) is 6.22. The molecule has 1 aliphatic rings. The molecule has 0 aromatic heterocycles. The van der Waals surface area contributed by atoms with Gasteiger partial charge in [0.15, 0.2) is 0 Å². The summed E-state index contributed by atoms with van der Waals surface area (Å²) < 4.78 is 32.8. The topological polar surface area (TPSA) is 50.4 Å². The Morgan fingerprint density at radius 2 is 2.04 bits per heavy atom. The molecule has 0 aliphatic heterocycles. The molecule has 1 aromatic rings. The normalized spacial score (nSPS) is 18.6. The van der Waals surface area contributed by atoms with E-state index < -0.39 is 5.92 Å². The highest BCUT2D eigenvalue weighted by Crippen LogP contribution is 2.37. The number of nitrogens with one attached hydrogen (secondary N) is 2. The van der Waals surface area contributed by atoms with Crippen molar-refractivity contribution in [3.63, 3.8) is 0 Å². The Balaban J connectivity index is 2.02. The lowest BCUT2D eigenvalue weighted by Gasteiger charge is -2.28. The summed E-state index contributed by atoms with van der Waals surface area (Å²) in [6.07, 6.45) is 0.00156. The van der Waals surface area contributed by atoms with Gasteiger partial charge in [-0.1, -0.05) is 15.9 Å². The molecule has 0 heterocycles. The molecule has 7 heteroatoms. The molecule has 140 valence electrons. The van der Waals surface area contributed by atoms with Gasteiger partial charge in [0.05, 0.1) is 18.0 Å². The Morgan fingerprint density at radius 1 is 1.36 bits per heavy atom. The van der Waals surface area contributed by atoms with Crippen molar-refractivity contribution in [3.8, 4) is 0 Å². The van der Waals surface area contributed by atoms with Gasteiger partial charge in [-0.2, -0.15) is 0 Å². The molecule has 0 radical (unpaired) electrons. The first-order chi connectivity index (χ1) is 11.8. The second-order valence-corrected chi connectivity index (χ2v) is 7.43. The molecule has 0 bridgehead atoms. The summed E-state index contributed by atoms with van der Waals surface area (Å²) in [6.45, 7) is 5.12. The molecule has 1 fully saturated rings. The van der Waals surface area contributed by atoms with E-state index in [4.69, 9.17) is 4.74 Å². The third-order valence-corrected chi connectivity index (χ3v) is 4.79. The number of alkyl halides is 2. The molecule has 1 aromatic carbocycles. The second-order valence-electron chi connectivity index (χ2n) is 6.51. The summed E-state index contributed by atoms with van der Waals surface area (Å²) >= 11 is 3.43. The number of carbonyl (C=O) groups is 1. The van der Waals surface area contributed by atoms with Gasteiger partial charge in [0, 0.05) is 35.9 Å². The highest BCUT2D eigenvalue weighted by atomic mass is 79.9. The van der Waals surface area contributed by atoms with E-state index in [2.05, 4.69) is 26.6 Å². The van der Waals surface area contributed by atoms with Gasteiger partial charge < -0.3 is 15.4 Å². The Morgan fingerprint density at radius 3 is 2.68 bits per heavy atom. The van der Waals surface area contributed by atoms with E-state index in [-0.39, 0.29) is 43.6 Å². The van der Waals surface area contributed by atoms with Crippen molar-refractivity contribution in [1.82, 2.24) is 0 Å². The van der Waals surface area contributed by atoms with E-state index >= 15 is 0 Å². The Labute approximate surface area is 155 Å². The van der Waals surface area contributed by atoms with E-state index in [0.717, 1.165) is 10.2 Å². The van der Waals surface area contributed by atoms with Crippen LogP contribution in [-0.2, 0) is 9.53 Å². The molecular weight excluding hydrogens is 394 g/mol. The summed E-state index contributed by atoms with van der Waals surface area (Å²) in [5.74, 6) is -3.19. The number of hydrogen-bond donors (Lipinski definition) is 2. The molecule has 1 saturated carbocycles. The molecule has 2 N–H and O–H groups in total. The van der Waals surface area contributed by atoms with E-state index in [1.807, 2.05) is 26.0 Å². The third-order valence-electron chi connectivity index (χ3n) is 4.30.